The van der Waals surface area contributed by atoms with E-state index in [1.54, 1.807) is 6.92 Å². The number of nitrogens with zero attached hydrogens (tertiary/aromatic N) is 1. The van der Waals surface area contributed by atoms with Crippen molar-refractivity contribution in [2.24, 2.45) is 0 Å². The number of hydrogen-bond acceptors (Lipinski definition) is 6. The molecular formula is C41H86N2O6PS+. The molecule has 0 aliphatic rings. The standard InChI is InChI=1S/C41H85N2O6PS/c1-7-9-11-13-15-17-19-21-23-25-27-29-31-33-35-42-41(44)48-39(3)40(49-50(45,46)47-37-36-43(4,5)6)51-38-34-32-30-28-26-24-22-20-18-16-14-12-10-8-2/h39-40H,7-38H2,1-6H3,(H-,42,44,45,46)/p+1. The van der Waals surface area contributed by atoms with Gasteiger partial charge in [0.1, 0.15) is 19.3 Å². The van der Waals surface area contributed by atoms with Crippen LogP contribution in [-0.4, -0.2) is 73.6 Å². The Kier molecular flexibility index (Phi) is 35.2. The van der Waals surface area contributed by atoms with Crippen molar-refractivity contribution in [3.8, 4) is 0 Å². The Bertz CT molecular complexity index is 816. The number of thioether (sulfide) groups is 1. The maximum Gasteiger partial charge on any atom is 0.473 e. The summed E-state index contributed by atoms with van der Waals surface area (Å²) in [6.45, 7) is 7.49. The molecule has 0 aliphatic heterocycles. The van der Waals surface area contributed by atoms with E-state index in [0.29, 0.717) is 17.6 Å². The Morgan fingerprint density at radius 1 is 0.647 bits per heavy atom. The Hall–Kier alpha value is -0.310. The molecule has 51 heavy (non-hydrogen) atoms. The van der Waals surface area contributed by atoms with Crippen molar-refractivity contribution in [3.63, 3.8) is 0 Å². The predicted molar refractivity (Wildman–Crippen MR) is 221 cm³/mol. The smallest absolute Gasteiger partial charge is 0.443 e. The molecular weight excluding hydrogens is 679 g/mol. The van der Waals surface area contributed by atoms with Crippen molar-refractivity contribution < 1.29 is 32.5 Å². The summed E-state index contributed by atoms with van der Waals surface area (Å²) in [6.07, 6.45) is 35.0. The van der Waals surface area contributed by atoms with E-state index in [9.17, 15) is 14.3 Å². The van der Waals surface area contributed by atoms with Gasteiger partial charge in [-0.3, -0.25) is 9.05 Å². The lowest BCUT2D eigenvalue weighted by atomic mass is 10.0. The molecule has 3 atom stereocenters. The summed E-state index contributed by atoms with van der Waals surface area (Å²) >= 11 is 1.43. The highest BCUT2D eigenvalue weighted by Gasteiger charge is 2.32. The number of alkyl carbamates (subject to hydrolysis) is 1. The van der Waals surface area contributed by atoms with Gasteiger partial charge >= 0.3 is 13.9 Å². The zero-order valence-corrected chi connectivity index (χ0v) is 36.3. The molecule has 8 nitrogen and oxygen atoms in total. The summed E-state index contributed by atoms with van der Waals surface area (Å²) in [4.78, 5) is 23.1. The Morgan fingerprint density at radius 3 is 1.41 bits per heavy atom. The summed E-state index contributed by atoms with van der Waals surface area (Å²) in [7, 11) is 1.67. The highest BCUT2D eigenvalue weighted by atomic mass is 32.2. The number of hydrogen-bond donors (Lipinski definition) is 2. The van der Waals surface area contributed by atoms with E-state index < -0.39 is 25.5 Å². The minimum atomic E-state index is -4.32. The van der Waals surface area contributed by atoms with Gasteiger partial charge in [0.25, 0.3) is 0 Å². The van der Waals surface area contributed by atoms with Crippen molar-refractivity contribution in [2.75, 3.05) is 46.6 Å². The number of phosphoric acid groups is 1. The monoisotopic (exact) mass is 766 g/mol. The van der Waals surface area contributed by atoms with Gasteiger partial charge in [-0.1, -0.05) is 181 Å². The van der Waals surface area contributed by atoms with Gasteiger partial charge in [-0.2, -0.15) is 0 Å². The molecule has 0 saturated carbocycles. The van der Waals surface area contributed by atoms with Crippen molar-refractivity contribution >= 4 is 25.7 Å². The molecule has 2 N–H and O–H groups in total. The SMILES string of the molecule is CCCCCCCCCCCCCCCCNC(=O)OC(C)C(OP(=O)(O)OCC[N+](C)(C)C)SCCCCCCCCCCCCCCCC. The van der Waals surface area contributed by atoms with Crippen LogP contribution in [0.25, 0.3) is 0 Å². The van der Waals surface area contributed by atoms with Gasteiger partial charge in [-0.05, 0) is 25.5 Å². The Labute approximate surface area is 321 Å². The molecule has 0 rings (SSSR count). The van der Waals surface area contributed by atoms with Crippen molar-refractivity contribution in [1.82, 2.24) is 5.32 Å². The first-order chi connectivity index (χ1) is 24.5. The predicted octanol–water partition coefficient (Wildman–Crippen LogP) is 13.0. The van der Waals surface area contributed by atoms with Crippen LogP contribution in [0.4, 0.5) is 4.79 Å². The van der Waals surface area contributed by atoms with E-state index in [0.717, 1.165) is 31.4 Å². The van der Waals surface area contributed by atoms with Crippen molar-refractivity contribution in [1.29, 1.82) is 0 Å². The third kappa shape index (κ3) is 37.8. The second-order valence-corrected chi connectivity index (χ2v) is 18.5. The van der Waals surface area contributed by atoms with Gasteiger partial charge in [-0.15, -0.1) is 11.8 Å². The summed E-state index contributed by atoms with van der Waals surface area (Å²) in [5.74, 6) is 0.760. The van der Waals surface area contributed by atoms with Gasteiger partial charge < -0.3 is 19.4 Å². The number of carbonyl (C=O) groups excluding carboxylic acids is 1. The van der Waals surface area contributed by atoms with Crippen LogP contribution < -0.4 is 5.32 Å². The number of phosphoric ester groups is 1. The van der Waals surface area contributed by atoms with E-state index in [4.69, 9.17) is 13.8 Å². The molecule has 10 heteroatoms. The molecule has 306 valence electrons. The van der Waals surface area contributed by atoms with Crippen molar-refractivity contribution in [3.05, 3.63) is 0 Å². The first-order valence-electron chi connectivity index (χ1n) is 21.5. The first kappa shape index (κ1) is 50.7. The molecule has 0 radical (unpaired) electrons. The average molecular weight is 766 g/mol. The maximum absolute atomic E-state index is 12.8. The Morgan fingerprint density at radius 2 is 1.02 bits per heavy atom. The summed E-state index contributed by atoms with van der Waals surface area (Å²) < 4.78 is 29.9. The van der Waals surface area contributed by atoms with Gasteiger partial charge in [-0.25, -0.2) is 9.36 Å². The van der Waals surface area contributed by atoms with E-state index in [1.165, 1.54) is 166 Å². The highest BCUT2D eigenvalue weighted by molar-refractivity contribution is 7.99. The molecule has 1 amide bonds. The second kappa shape index (κ2) is 35.4. The molecule has 0 saturated heterocycles. The van der Waals surface area contributed by atoms with Crippen LogP contribution in [-0.2, 0) is 18.3 Å². The largest absolute Gasteiger partial charge is 0.473 e. The topological polar surface area (TPSA) is 94.1 Å². The van der Waals surface area contributed by atoms with Crippen LogP contribution in [0.5, 0.6) is 0 Å². The third-order valence-corrected chi connectivity index (χ3v) is 12.0. The van der Waals surface area contributed by atoms with Crippen LogP contribution in [0, 0.1) is 0 Å². The molecule has 3 unspecified atom stereocenters. The summed E-state index contributed by atoms with van der Waals surface area (Å²) in [6, 6.07) is 0. The number of amides is 1. The van der Waals surface area contributed by atoms with E-state index in [2.05, 4.69) is 19.2 Å². The molecule has 0 bridgehead atoms. The number of quaternary nitrogens is 1. The second-order valence-electron chi connectivity index (χ2n) is 15.9. The number of ether oxygens (including phenoxy) is 1. The molecule has 0 spiro atoms. The highest BCUT2D eigenvalue weighted by Crippen LogP contribution is 2.47. The van der Waals surface area contributed by atoms with E-state index >= 15 is 0 Å². The van der Waals surface area contributed by atoms with Gasteiger partial charge in [0.2, 0.25) is 0 Å². The zero-order valence-electron chi connectivity index (χ0n) is 34.6. The number of likely N-dealkylation sites (N-methyl/N-ethyl adjacent to an activating group) is 1. The van der Waals surface area contributed by atoms with Gasteiger partial charge in [0.15, 0.2) is 5.44 Å². The van der Waals surface area contributed by atoms with Crippen LogP contribution in [0.1, 0.15) is 201 Å². The minimum absolute atomic E-state index is 0.0997. The van der Waals surface area contributed by atoms with Gasteiger partial charge in [0.05, 0.1) is 21.1 Å². The first-order valence-corrected chi connectivity index (χ1v) is 24.1. The van der Waals surface area contributed by atoms with Crippen molar-refractivity contribution in [2.45, 2.75) is 212 Å². The van der Waals surface area contributed by atoms with Crippen LogP contribution in [0.3, 0.4) is 0 Å². The number of unbranched alkanes of at least 4 members (excludes halogenated alkanes) is 26. The molecule has 0 aromatic rings. The molecule has 0 heterocycles. The lowest BCUT2D eigenvalue weighted by Gasteiger charge is -2.27. The third-order valence-electron chi connectivity index (χ3n) is 9.51. The quantitative estimate of drug-likeness (QED) is 0.0278. The molecule has 0 aromatic carbocycles. The van der Waals surface area contributed by atoms with E-state index in [-0.39, 0.29) is 6.61 Å². The molecule has 0 aromatic heterocycles. The van der Waals surface area contributed by atoms with Crippen LogP contribution in [0.15, 0.2) is 0 Å². The number of rotatable bonds is 39. The fraction of sp³-hybridized carbons (Fsp3) is 0.976. The van der Waals surface area contributed by atoms with E-state index in [1.807, 2.05) is 21.1 Å². The van der Waals surface area contributed by atoms with Crippen LogP contribution in [0.2, 0.25) is 0 Å². The fourth-order valence-electron chi connectivity index (χ4n) is 6.12. The molecule has 0 fully saturated rings. The Balaban J connectivity index is 4.31. The summed E-state index contributed by atoms with van der Waals surface area (Å²) in [5, 5.41) is 2.86. The van der Waals surface area contributed by atoms with Gasteiger partial charge in [0, 0.05) is 6.54 Å². The lowest BCUT2D eigenvalue weighted by molar-refractivity contribution is -0.870. The lowest BCUT2D eigenvalue weighted by Crippen LogP contribution is -2.37. The zero-order chi connectivity index (χ0) is 37.9. The normalized spacial score (nSPS) is 14.3. The molecule has 0 aliphatic carbocycles. The fourth-order valence-corrected chi connectivity index (χ4v) is 8.42. The number of nitrogens with one attached hydrogen (secondary N) is 1. The average Bonchev–Trinajstić information content (AvgIpc) is 3.06. The number of carbonyl (C=O) groups is 1. The van der Waals surface area contributed by atoms with Crippen LogP contribution >= 0.6 is 19.6 Å². The summed E-state index contributed by atoms with van der Waals surface area (Å²) in [5.41, 5.74) is -0.793. The minimum Gasteiger partial charge on any atom is -0.443 e. The maximum atomic E-state index is 12.8.